The molecule has 2 atom stereocenters. The van der Waals surface area contributed by atoms with E-state index in [0.717, 1.165) is 0 Å². The van der Waals surface area contributed by atoms with Gasteiger partial charge in [-0.3, -0.25) is 4.79 Å². The Morgan fingerprint density at radius 1 is 1.50 bits per heavy atom. The lowest BCUT2D eigenvalue weighted by Gasteiger charge is -2.28. The second kappa shape index (κ2) is 4.39. The van der Waals surface area contributed by atoms with Gasteiger partial charge in [0.05, 0.1) is 12.0 Å². The van der Waals surface area contributed by atoms with Crippen LogP contribution in [-0.4, -0.2) is 47.3 Å². The molecule has 1 heterocycles. The van der Waals surface area contributed by atoms with Crippen LogP contribution in [0.4, 0.5) is 0 Å². The number of aliphatic hydroxyl groups excluding tert-OH is 1. The van der Waals surface area contributed by atoms with Crippen molar-refractivity contribution in [3.05, 3.63) is 0 Å². The molecule has 80 valence electrons. The first-order valence-electron chi connectivity index (χ1n) is 4.44. The van der Waals surface area contributed by atoms with Crippen LogP contribution in [0, 0.1) is 5.92 Å². The highest BCUT2D eigenvalue weighted by Crippen LogP contribution is 2.04. The first kappa shape index (κ1) is 10.9. The topological polar surface area (TPSA) is 98.7 Å². The molecule has 0 radical (unpaired) electrons. The summed E-state index contributed by atoms with van der Waals surface area (Å²) in [4.78, 5) is 21.9. The summed E-state index contributed by atoms with van der Waals surface area (Å²) in [5, 5.41) is 23.0. The summed E-state index contributed by atoms with van der Waals surface area (Å²) in [5.41, 5.74) is 0. The van der Waals surface area contributed by atoms with Crippen LogP contribution in [0.5, 0.6) is 0 Å². The lowest BCUT2D eigenvalue weighted by molar-refractivity contribution is -0.145. The van der Waals surface area contributed by atoms with E-state index in [2.05, 4.69) is 10.6 Å². The Hall–Kier alpha value is -1.14. The van der Waals surface area contributed by atoms with Gasteiger partial charge >= 0.3 is 5.97 Å². The number of amides is 1. The maximum atomic E-state index is 11.3. The zero-order valence-corrected chi connectivity index (χ0v) is 7.86. The van der Waals surface area contributed by atoms with Crippen LogP contribution >= 0.6 is 0 Å². The normalized spacial score (nSPS) is 20.7. The lowest BCUT2D eigenvalue weighted by Crippen LogP contribution is -2.56. The molecule has 1 fully saturated rings. The quantitative estimate of drug-likeness (QED) is 0.429. The third-order valence-corrected chi connectivity index (χ3v) is 2.20. The number of aliphatic carboxylic acids is 1. The van der Waals surface area contributed by atoms with Gasteiger partial charge in [0.2, 0.25) is 5.91 Å². The van der Waals surface area contributed by atoms with Gasteiger partial charge in [-0.1, -0.05) is 0 Å². The highest BCUT2D eigenvalue weighted by atomic mass is 16.4. The number of carbonyl (C=O) groups is 2. The Labute approximate surface area is 81.3 Å². The van der Waals surface area contributed by atoms with E-state index in [-0.39, 0.29) is 11.8 Å². The molecular weight excluding hydrogens is 188 g/mol. The maximum absolute atomic E-state index is 11.3. The highest BCUT2D eigenvalue weighted by Gasteiger charge is 2.30. The van der Waals surface area contributed by atoms with Crippen LogP contribution in [0.15, 0.2) is 0 Å². The van der Waals surface area contributed by atoms with Gasteiger partial charge in [-0.2, -0.15) is 0 Å². The minimum Gasteiger partial charge on any atom is -0.480 e. The number of hydrogen-bond acceptors (Lipinski definition) is 4. The van der Waals surface area contributed by atoms with Gasteiger partial charge in [0, 0.05) is 13.1 Å². The number of carbonyl (C=O) groups excluding carboxylic acids is 1. The summed E-state index contributed by atoms with van der Waals surface area (Å²) in [6.45, 7) is 2.47. The van der Waals surface area contributed by atoms with E-state index < -0.39 is 18.1 Å². The largest absolute Gasteiger partial charge is 0.480 e. The molecule has 1 rings (SSSR count). The molecule has 6 nitrogen and oxygen atoms in total. The molecule has 6 heteroatoms. The summed E-state index contributed by atoms with van der Waals surface area (Å²) in [7, 11) is 0. The SMILES string of the molecule is CC(O)C(NC(=O)C1CNC1)C(=O)O. The molecule has 0 aromatic rings. The van der Waals surface area contributed by atoms with Crippen LogP contribution in [0.2, 0.25) is 0 Å². The van der Waals surface area contributed by atoms with Crippen LogP contribution in [0.25, 0.3) is 0 Å². The molecule has 0 spiro atoms. The van der Waals surface area contributed by atoms with Crippen LogP contribution < -0.4 is 10.6 Å². The minimum absolute atomic E-state index is 0.171. The van der Waals surface area contributed by atoms with Crippen molar-refractivity contribution in [2.75, 3.05) is 13.1 Å². The molecule has 1 aliphatic rings. The fourth-order valence-corrected chi connectivity index (χ4v) is 1.13. The van der Waals surface area contributed by atoms with Crippen molar-refractivity contribution in [2.45, 2.75) is 19.1 Å². The van der Waals surface area contributed by atoms with E-state index in [4.69, 9.17) is 10.2 Å². The van der Waals surface area contributed by atoms with Gasteiger partial charge in [-0.05, 0) is 6.92 Å². The summed E-state index contributed by atoms with van der Waals surface area (Å²) in [5.74, 6) is -1.71. The number of carboxylic acids is 1. The molecular formula is C8H14N2O4. The number of aliphatic hydroxyl groups is 1. The van der Waals surface area contributed by atoms with Crippen molar-refractivity contribution < 1.29 is 19.8 Å². The van der Waals surface area contributed by atoms with Crippen molar-refractivity contribution in [1.82, 2.24) is 10.6 Å². The Kier molecular flexibility index (Phi) is 3.43. The number of nitrogens with one attached hydrogen (secondary N) is 2. The molecule has 14 heavy (non-hydrogen) atoms. The van der Waals surface area contributed by atoms with E-state index in [0.29, 0.717) is 13.1 Å². The molecule has 0 aliphatic carbocycles. The van der Waals surface area contributed by atoms with Crippen LogP contribution in [0.3, 0.4) is 0 Å². The second-order valence-corrected chi connectivity index (χ2v) is 3.42. The summed E-state index contributed by atoms with van der Waals surface area (Å²) < 4.78 is 0. The van der Waals surface area contributed by atoms with Gasteiger partial charge in [0.25, 0.3) is 0 Å². The summed E-state index contributed by atoms with van der Waals surface area (Å²) in [6.07, 6.45) is -1.09. The third kappa shape index (κ3) is 2.43. The maximum Gasteiger partial charge on any atom is 0.328 e. The average Bonchev–Trinajstić information content (AvgIpc) is 1.95. The van der Waals surface area contributed by atoms with E-state index in [1.54, 1.807) is 0 Å². The Balaban J connectivity index is 2.46. The molecule has 1 saturated heterocycles. The molecule has 0 aromatic carbocycles. The average molecular weight is 202 g/mol. The molecule has 1 aliphatic heterocycles. The minimum atomic E-state index is -1.22. The predicted molar refractivity (Wildman–Crippen MR) is 47.6 cm³/mol. The summed E-state index contributed by atoms with van der Waals surface area (Å²) in [6, 6.07) is -1.22. The molecule has 4 N–H and O–H groups in total. The number of hydrogen-bond donors (Lipinski definition) is 4. The Morgan fingerprint density at radius 3 is 2.36 bits per heavy atom. The third-order valence-electron chi connectivity index (χ3n) is 2.20. The zero-order valence-electron chi connectivity index (χ0n) is 7.86. The fraction of sp³-hybridized carbons (Fsp3) is 0.750. The lowest BCUT2D eigenvalue weighted by atomic mass is 10.0. The van der Waals surface area contributed by atoms with Crippen molar-refractivity contribution in [3.8, 4) is 0 Å². The second-order valence-electron chi connectivity index (χ2n) is 3.42. The van der Waals surface area contributed by atoms with Crippen molar-refractivity contribution in [1.29, 1.82) is 0 Å². The van der Waals surface area contributed by atoms with Gasteiger partial charge in [-0.25, -0.2) is 4.79 Å². The van der Waals surface area contributed by atoms with Crippen molar-refractivity contribution >= 4 is 11.9 Å². The predicted octanol–water partition coefficient (Wildman–Crippen LogP) is -1.84. The van der Waals surface area contributed by atoms with Gasteiger partial charge in [0.15, 0.2) is 6.04 Å². The standard InChI is InChI=1S/C8H14N2O4/c1-4(11)6(8(13)14)10-7(12)5-2-9-3-5/h4-6,9,11H,2-3H2,1H3,(H,10,12)(H,13,14). The fourth-order valence-electron chi connectivity index (χ4n) is 1.13. The van der Waals surface area contributed by atoms with Crippen molar-refractivity contribution in [2.24, 2.45) is 5.92 Å². The first-order valence-corrected chi connectivity index (χ1v) is 4.44. The first-order chi connectivity index (χ1) is 6.52. The van der Waals surface area contributed by atoms with Crippen LogP contribution in [-0.2, 0) is 9.59 Å². The van der Waals surface area contributed by atoms with Gasteiger partial charge in [0.1, 0.15) is 0 Å². The highest BCUT2D eigenvalue weighted by molar-refractivity contribution is 5.86. The van der Waals surface area contributed by atoms with E-state index >= 15 is 0 Å². The van der Waals surface area contributed by atoms with Crippen molar-refractivity contribution in [3.63, 3.8) is 0 Å². The molecule has 0 bridgehead atoms. The van der Waals surface area contributed by atoms with Gasteiger partial charge in [-0.15, -0.1) is 0 Å². The van der Waals surface area contributed by atoms with Gasteiger partial charge < -0.3 is 20.8 Å². The van der Waals surface area contributed by atoms with E-state index in [1.165, 1.54) is 6.92 Å². The monoisotopic (exact) mass is 202 g/mol. The Bertz CT molecular complexity index is 237. The number of rotatable bonds is 4. The van der Waals surface area contributed by atoms with Crippen LogP contribution in [0.1, 0.15) is 6.92 Å². The molecule has 0 aromatic heterocycles. The molecule has 2 unspecified atom stereocenters. The molecule has 0 saturated carbocycles. The smallest absolute Gasteiger partial charge is 0.328 e. The van der Waals surface area contributed by atoms with E-state index in [1.807, 2.05) is 0 Å². The Morgan fingerprint density at radius 2 is 2.07 bits per heavy atom. The number of carboxylic acid groups (broad SMARTS) is 1. The molecule has 1 amide bonds. The van der Waals surface area contributed by atoms with E-state index in [9.17, 15) is 9.59 Å². The summed E-state index contributed by atoms with van der Waals surface area (Å²) >= 11 is 0. The zero-order chi connectivity index (χ0) is 10.7.